The van der Waals surface area contributed by atoms with Gasteiger partial charge in [-0.05, 0) is 91.0 Å². The van der Waals surface area contributed by atoms with Gasteiger partial charge in [0.15, 0.2) is 0 Å². The average Bonchev–Trinajstić information content (AvgIpc) is 3.64. The highest BCUT2D eigenvalue weighted by molar-refractivity contribution is 5.94. The van der Waals surface area contributed by atoms with E-state index in [9.17, 15) is 0 Å². The molecule has 1 unspecified atom stereocenters. The fraction of sp³-hybridized carbons (Fsp3) is 0.111. The number of nitrogens with zero attached hydrogens (tertiary/aromatic N) is 3. The molecule has 2 aliphatic rings. The van der Waals surface area contributed by atoms with Crippen molar-refractivity contribution < 1.29 is 0 Å². The van der Waals surface area contributed by atoms with Crippen LogP contribution in [0, 0.1) is 6.92 Å². The van der Waals surface area contributed by atoms with E-state index in [1.54, 1.807) is 24.4 Å². The molecule has 2 aromatic heterocycles. The minimum absolute atomic E-state index is 0.508. The number of benzene rings is 2. The van der Waals surface area contributed by atoms with Crippen LogP contribution in [-0.4, -0.2) is 15.8 Å². The lowest BCUT2D eigenvalue weighted by Crippen LogP contribution is -2.27. The van der Waals surface area contributed by atoms with Crippen molar-refractivity contribution in [3.8, 4) is 17.1 Å². The van der Waals surface area contributed by atoms with Gasteiger partial charge in [0, 0.05) is 22.7 Å². The third-order valence-corrected chi connectivity index (χ3v) is 9.43. The van der Waals surface area contributed by atoms with Gasteiger partial charge in [-0.2, -0.15) is 0 Å². The molecular weight excluding hydrogens is 583 g/mol. The predicted molar refractivity (Wildman–Crippen MR) is 208 cm³/mol. The minimum atomic E-state index is -0.508. The molecular formula is C45H41N3. The molecule has 2 heterocycles. The number of rotatable bonds is 10. The Balaban J connectivity index is 1.69. The van der Waals surface area contributed by atoms with Crippen molar-refractivity contribution in [1.29, 1.82) is 0 Å². The second-order valence-electron chi connectivity index (χ2n) is 11.9. The van der Waals surface area contributed by atoms with Gasteiger partial charge in [0.2, 0.25) is 0 Å². The molecule has 3 nitrogen and oxygen atoms in total. The van der Waals surface area contributed by atoms with Crippen molar-refractivity contribution in [3.63, 3.8) is 0 Å². The lowest BCUT2D eigenvalue weighted by molar-refractivity contribution is 0.775. The van der Waals surface area contributed by atoms with E-state index in [1.165, 1.54) is 33.4 Å². The van der Waals surface area contributed by atoms with Crippen LogP contribution >= 0.6 is 0 Å². The molecule has 48 heavy (non-hydrogen) atoms. The lowest BCUT2D eigenvalue weighted by Gasteiger charge is -2.32. The van der Waals surface area contributed by atoms with Crippen molar-refractivity contribution in [2.75, 3.05) is 0 Å². The largest absolute Gasteiger partial charge is 0.294 e. The third kappa shape index (κ3) is 4.74. The molecule has 0 bridgehead atoms. The maximum Gasteiger partial charge on any atom is 0.138 e. The van der Waals surface area contributed by atoms with Crippen LogP contribution < -0.4 is 0 Å². The summed E-state index contributed by atoms with van der Waals surface area (Å²) in [6.45, 7) is 24.6. The zero-order chi connectivity index (χ0) is 34.0. The summed E-state index contributed by atoms with van der Waals surface area (Å²) in [5.74, 6) is 0.840. The van der Waals surface area contributed by atoms with E-state index in [0.717, 1.165) is 50.5 Å². The topological polar surface area (TPSA) is 30.2 Å². The second-order valence-corrected chi connectivity index (χ2v) is 11.9. The highest BCUT2D eigenvalue weighted by Gasteiger charge is 2.52. The van der Waals surface area contributed by atoms with Gasteiger partial charge in [0.05, 0.1) is 28.0 Å². The molecule has 0 fully saturated rings. The van der Waals surface area contributed by atoms with E-state index in [-0.39, 0.29) is 0 Å². The van der Waals surface area contributed by atoms with Crippen LogP contribution in [0.4, 0.5) is 0 Å². The Bertz CT molecular complexity index is 2230. The van der Waals surface area contributed by atoms with E-state index in [0.29, 0.717) is 0 Å². The number of pyridine rings is 1. The van der Waals surface area contributed by atoms with E-state index < -0.39 is 5.41 Å². The molecule has 0 aliphatic heterocycles. The smallest absolute Gasteiger partial charge is 0.138 e. The quantitative estimate of drug-likeness (QED) is 0.128. The van der Waals surface area contributed by atoms with Crippen molar-refractivity contribution >= 4 is 28.9 Å². The molecule has 1 spiro atoms. The summed E-state index contributed by atoms with van der Waals surface area (Å²) in [4.78, 5) is 10.2. The SMILES string of the molecule is C=CC=N/C(=C\C=C)c1ccc2c(C)c(/C=C\C=C)n(-c3ccc4c(n3)-c3ccccc3C43C(C=C)=C(/C=C\C)C(C)=C3/C=C\C)c2c1. The van der Waals surface area contributed by atoms with Gasteiger partial charge in [-0.3, -0.25) is 9.56 Å². The zero-order valence-electron chi connectivity index (χ0n) is 28.3. The van der Waals surface area contributed by atoms with Crippen LogP contribution in [0.2, 0.25) is 0 Å². The van der Waals surface area contributed by atoms with Crippen molar-refractivity contribution in [3.05, 3.63) is 192 Å². The first kappa shape index (κ1) is 32.2. The van der Waals surface area contributed by atoms with Crippen molar-refractivity contribution in [1.82, 2.24) is 9.55 Å². The first-order valence-electron chi connectivity index (χ1n) is 16.3. The molecule has 0 saturated heterocycles. The molecule has 0 saturated carbocycles. The summed E-state index contributed by atoms with van der Waals surface area (Å²) >= 11 is 0. The van der Waals surface area contributed by atoms with E-state index >= 15 is 0 Å². The van der Waals surface area contributed by atoms with Gasteiger partial charge in [0.25, 0.3) is 0 Å². The Morgan fingerprint density at radius 3 is 2.33 bits per heavy atom. The number of aromatic nitrogens is 2. The Hall–Kier alpha value is -5.80. The van der Waals surface area contributed by atoms with E-state index in [4.69, 9.17) is 4.98 Å². The number of aliphatic imine (C=N–C) groups is 1. The molecule has 6 rings (SSSR count). The van der Waals surface area contributed by atoms with Gasteiger partial charge in [0.1, 0.15) is 5.82 Å². The first-order valence-corrected chi connectivity index (χ1v) is 16.3. The highest BCUT2D eigenvalue weighted by Crippen LogP contribution is 2.61. The van der Waals surface area contributed by atoms with Gasteiger partial charge < -0.3 is 0 Å². The number of allylic oxidation sites excluding steroid dienone is 14. The Morgan fingerprint density at radius 2 is 1.62 bits per heavy atom. The van der Waals surface area contributed by atoms with Crippen LogP contribution in [0.25, 0.3) is 39.8 Å². The summed E-state index contributed by atoms with van der Waals surface area (Å²) in [6.07, 6.45) is 23.7. The summed E-state index contributed by atoms with van der Waals surface area (Å²) in [5, 5.41) is 1.14. The van der Waals surface area contributed by atoms with Crippen molar-refractivity contribution in [2.24, 2.45) is 4.99 Å². The van der Waals surface area contributed by atoms with Crippen LogP contribution in [0.15, 0.2) is 169 Å². The Morgan fingerprint density at radius 1 is 0.833 bits per heavy atom. The molecule has 3 heteroatoms. The van der Waals surface area contributed by atoms with Gasteiger partial charge in [-0.1, -0.05) is 123 Å². The maximum absolute atomic E-state index is 5.54. The normalized spacial score (nSPS) is 17.6. The minimum Gasteiger partial charge on any atom is -0.294 e. The Labute approximate surface area is 284 Å². The fourth-order valence-corrected chi connectivity index (χ4v) is 7.55. The van der Waals surface area contributed by atoms with E-state index in [1.807, 2.05) is 18.2 Å². The summed E-state index contributed by atoms with van der Waals surface area (Å²) < 4.78 is 2.25. The first-order chi connectivity index (χ1) is 23.4. The zero-order valence-corrected chi connectivity index (χ0v) is 28.3. The number of hydrogen-bond acceptors (Lipinski definition) is 2. The molecule has 2 aliphatic carbocycles. The number of aryl methyl sites for hydroxylation is 1. The molecule has 2 aromatic carbocycles. The summed E-state index contributed by atoms with van der Waals surface area (Å²) in [6, 6.07) is 19.6. The molecule has 236 valence electrons. The van der Waals surface area contributed by atoms with Gasteiger partial charge >= 0.3 is 0 Å². The maximum atomic E-state index is 5.54. The van der Waals surface area contributed by atoms with Crippen LogP contribution in [-0.2, 0) is 5.41 Å². The highest BCUT2D eigenvalue weighted by atomic mass is 15.1. The molecule has 0 N–H and O–H groups in total. The predicted octanol–water partition coefficient (Wildman–Crippen LogP) is 11.5. The Kier molecular flexibility index (Phi) is 8.80. The summed E-state index contributed by atoms with van der Waals surface area (Å²) in [5.41, 5.74) is 14.0. The number of fused-ring (bicyclic) bond motifs is 6. The fourth-order valence-electron chi connectivity index (χ4n) is 7.55. The molecule has 4 aromatic rings. The molecule has 1 atom stereocenters. The van der Waals surface area contributed by atoms with Gasteiger partial charge in [-0.25, -0.2) is 4.98 Å². The average molecular weight is 624 g/mol. The lowest BCUT2D eigenvalue weighted by atomic mass is 9.69. The monoisotopic (exact) mass is 623 g/mol. The van der Waals surface area contributed by atoms with Crippen LogP contribution in [0.1, 0.15) is 48.7 Å². The van der Waals surface area contributed by atoms with Crippen LogP contribution in [0.3, 0.4) is 0 Å². The van der Waals surface area contributed by atoms with Crippen molar-refractivity contribution in [2.45, 2.75) is 33.1 Å². The third-order valence-electron chi connectivity index (χ3n) is 9.43. The molecule has 0 radical (unpaired) electrons. The standard InChI is InChI=1S/C45H41N3/c1-9-15-23-41-31(8)34-25-24-32(40(20-12-4)46-28-13-5)29-42(34)48(41)43-27-26-39-44(47-43)35-21-16-17-22-38(35)45(39)36(14-6)33(18-10-2)30(7)37(45)19-11-3/h9-29H,1,4-6H2,2-3,7-8H3/b18-10-,19-11-,23-15-,40-20-,46-28?. The number of hydrogen-bond donors (Lipinski definition) is 0. The van der Waals surface area contributed by atoms with E-state index in [2.05, 4.69) is 149 Å². The molecule has 0 amide bonds. The second kappa shape index (κ2) is 13.1. The van der Waals surface area contributed by atoms with Crippen LogP contribution in [0.5, 0.6) is 0 Å². The van der Waals surface area contributed by atoms with Gasteiger partial charge in [-0.15, -0.1) is 0 Å². The summed E-state index contributed by atoms with van der Waals surface area (Å²) in [7, 11) is 0.